The number of fused-ring (bicyclic) bond motifs is 1. The molecule has 9 heteroatoms. The van der Waals surface area contributed by atoms with E-state index in [1.54, 1.807) is 19.9 Å². The molecular formula is C22H30O9. The van der Waals surface area contributed by atoms with Gasteiger partial charge in [0.05, 0.1) is 7.11 Å². The molecule has 0 saturated carbocycles. The van der Waals surface area contributed by atoms with Crippen LogP contribution in [0.1, 0.15) is 29.8 Å². The highest BCUT2D eigenvalue weighted by atomic mass is 16.7. The van der Waals surface area contributed by atoms with Crippen molar-refractivity contribution in [1.82, 2.24) is 0 Å². The minimum atomic E-state index is -1.56. The zero-order valence-electron chi connectivity index (χ0n) is 18.0. The maximum atomic E-state index is 12.8. The maximum Gasteiger partial charge on any atom is 0.342 e. The molecule has 6 atom stereocenters. The Bertz CT molecular complexity index is 804. The van der Waals surface area contributed by atoms with Crippen molar-refractivity contribution in [2.24, 2.45) is 5.92 Å². The summed E-state index contributed by atoms with van der Waals surface area (Å²) < 4.78 is 21.0. The monoisotopic (exact) mass is 438 g/mol. The number of methoxy groups -OCH3 is 2. The lowest BCUT2D eigenvalue weighted by Crippen LogP contribution is -2.44. The Morgan fingerprint density at radius 2 is 1.74 bits per heavy atom. The van der Waals surface area contributed by atoms with Crippen LogP contribution in [-0.2, 0) is 14.2 Å². The molecule has 0 aromatic heterocycles. The summed E-state index contributed by atoms with van der Waals surface area (Å²) in [5.41, 5.74) is 0.167. The van der Waals surface area contributed by atoms with Crippen LogP contribution < -0.4 is 4.74 Å². The quantitative estimate of drug-likeness (QED) is 0.311. The van der Waals surface area contributed by atoms with Gasteiger partial charge in [0, 0.05) is 19.1 Å². The second-order valence-electron chi connectivity index (χ2n) is 7.33. The summed E-state index contributed by atoms with van der Waals surface area (Å²) in [6.07, 6.45) is -0.468. The van der Waals surface area contributed by atoms with Gasteiger partial charge in [0.1, 0.15) is 54.4 Å². The molecule has 2 rings (SSSR count). The Morgan fingerprint density at radius 3 is 2.39 bits per heavy atom. The van der Waals surface area contributed by atoms with Crippen molar-refractivity contribution in [2.45, 2.75) is 44.4 Å². The van der Waals surface area contributed by atoms with Gasteiger partial charge in [0.25, 0.3) is 0 Å². The lowest BCUT2D eigenvalue weighted by molar-refractivity contribution is -0.134. The molecule has 0 fully saturated rings. The first-order valence-electron chi connectivity index (χ1n) is 9.82. The van der Waals surface area contributed by atoms with Crippen LogP contribution in [0.5, 0.6) is 11.5 Å². The second-order valence-corrected chi connectivity index (χ2v) is 7.33. The van der Waals surface area contributed by atoms with E-state index in [1.165, 1.54) is 44.6 Å². The Balaban J connectivity index is 2.59. The number of benzene rings is 1. The van der Waals surface area contributed by atoms with Gasteiger partial charge >= 0.3 is 5.97 Å². The SMILES string of the molecule is COCOC1/C=C/c2cc(OC)cc(O)c2C(=O)O[C@@H](C)[C@H](C)/C=C\C(O)[C@@H](O)[C@H]1O. The van der Waals surface area contributed by atoms with E-state index in [2.05, 4.69) is 0 Å². The maximum absolute atomic E-state index is 12.8. The molecule has 1 heterocycles. The predicted molar refractivity (Wildman–Crippen MR) is 112 cm³/mol. The van der Waals surface area contributed by atoms with Crippen LogP contribution >= 0.6 is 0 Å². The Hall–Kier alpha value is -2.43. The first kappa shape index (κ1) is 24.8. The fourth-order valence-corrected chi connectivity index (χ4v) is 3.00. The van der Waals surface area contributed by atoms with Crippen molar-refractivity contribution < 1.29 is 44.2 Å². The van der Waals surface area contributed by atoms with E-state index < -0.39 is 36.5 Å². The summed E-state index contributed by atoms with van der Waals surface area (Å²) in [6.45, 7) is 3.23. The van der Waals surface area contributed by atoms with Crippen molar-refractivity contribution >= 4 is 12.0 Å². The number of carbonyl (C=O) groups is 1. The third-order valence-corrected chi connectivity index (χ3v) is 5.09. The number of phenolic OH excluding ortho intramolecular Hbond substituents is 1. The third kappa shape index (κ3) is 6.28. The Morgan fingerprint density at radius 1 is 1.03 bits per heavy atom. The summed E-state index contributed by atoms with van der Waals surface area (Å²) in [4.78, 5) is 12.8. The van der Waals surface area contributed by atoms with E-state index in [1.807, 2.05) is 0 Å². The Kier molecular flexibility index (Phi) is 9.02. The van der Waals surface area contributed by atoms with Gasteiger partial charge in [-0.15, -0.1) is 0 Å². The number of esters is 1. The van der Waals surface area contributed by atoms with Gasteiger partial charge in [-0.1, -0.05) is 31.2 Å². The van der Waals surface area contributed by atoms with Crippen molar-refractivity contribution in [2.75, 3.05) is 21.0 Å². The number of hydrogen-bond acceptors (Lipinski definition) is 9. The molecular weight excluding hydrogens is 408 g/mol. The van der Waals surface area contributed by atoms with E-state index in [0.717, 1.165) is 0 Å². The molecule has 1 aromatic carbocycles. The topological polar surface area (TPSA) is 135 Å². The molecule has 0 amide bonds. The van der Waals surface area contributed by atoms with Crippen LogP contribution in [-0.4, -0.2) is 77.9 Å². The Labute approximate surface area is 181 Å². The van der Waals surface area contributed by atoms with Crippen LogP contribution in [0.2, 0.25) is 0 Å². The van der Waals surface area contributed by atoms with E-state index in [4.69, 9.17) is 18.9 Å². The number of phenols is 1. The number of aliphatic hydroxyl groups excluding tert-OH is 3. The zero-order chi connectivity index (χ0) is 23.1. The molecule has 9 nitrogen and oxygen atoms in total. The van der Waals surface area contributed by atoms with Gasteiger partial charge in [0.15, 0.2) is 0 Å². The van der Waals surface area contributed by atoms with E-state index in [0.29, 0.717) is 5.75 Å². The minimum Gasteiger partial charge on any atom is -0.507 e. The molecule has 0 aliphatic carbocycles. The highest BCUT2D eigenvalue weighted by Crippen LogP contribution is 2.31. The highest BCUT2D eigenvalue weighted by Gasteiger charge is 2.31. The zero-order valence-corrected chi connectivity index (χ0v) is 18.0. The molecule has 172 valence electrons. The molecule has 0 radical (unpaired) electrons. The second kappa shape index (κ2) is 11.3. The predicted octanol–water partition coefficient (Wildman–Crippen LogP) is 1.24. The van der Waals surface area contributed by atoms with Crippen LogP contribution in [0.3, 0.4) is 0 Å². The van der Waals surface area contributed by atoms with Crippen molar-refractivity contribution in [3.8, 4) is 11.5 Å². The number of carbonyl (C=O) groups excluding carboxylic acids is 1. The lowest BCUT2D eigenvalue weighted by atomic mass is 9.97. The number of aromatic hydroxyl groups is 1. The van der Waals surface area contributed by atoms with Gasteiger partial charge < -0.3 is 39.4 Å². The molecule has 1 aliphatic rings. The average Bonchev–Trinajstić information content (AvgIpc) is 2.74. The number of aliphatic hydroxyl groups is 3. The van der Waals surface area contributed by atoms with Crippen molar-refractivity contribution in [3.05, 3.63) is 41.5 Å². The summed E-state index contributed by atoms with van der Waals surface area (Å²) in [6, 6.07) is 2.80. The fourth-order valence-electron chi connectivity index (χ4n) is 3.00. The van der Waals surface area contributed by atoms with Gasteiger partial charge in [-0.05, 0) is 18.6 Å². The summed E-state index contributed by atoms with van der Waals surface area (Å²) >= 11 is 0. The van der Waals surface area contributed by atoms with Gasteiger partial charge in [-0.3, -0.25) is 0 Å². The minimum absolute atomic E-state index is 0.0855. The summed E-state index contributed by atoms with van der Waals surface area (Å²) in [5, 5.41) is 41.7. The molecule has 0 saturated heterocycles. The number of rotatable bonds is 4. The lowest BCUT2D eigenvalue weighted by Gasteiger charge is -2.27. The van der Waals surface area contributed by atoms with Gasteiger partial charge in [-0.2, -0.15) is 0 Å². The normalized spacial score (nSPS) is 31.8. The van der Waals surface area contributed by atoms with Crippen LogP contribution in [0, 0.1) is 5.92 Å². The number of cyclic esters (lactones) is 1. The van der Waals surface area contributed by atoms with E-state index in [9.17, 15) is 25.2 Å². The average molecular weight is 438 g/mol. The first-order chi connectivity index (χ1) is 14.7. The van der Waals surface area contributed by atoms with Crippen molar-refractivity contribution in [3.63, 3.8) is 0 Å². The number of hydrogen-bond donors (Lipinski definition) is 4. The van der Waals surface area contributed by atoms with Crippen LogP contribution in [0.15, 0.2) is 30.4 Å². The highest BCUT2D eigenvalue weighted by molar-refractivity contribution is 5.97. The molecule has 1 aliphatic heterocycles. The van der Waals surface area contributed by atoms with Crippen molar-refractivity contribution in [1.29, 1.82) is 0 Å². The first-order valence-corrected chi connectivity index (χ1v) is 9.82. The molecule has 4 N–H and O–H groups in total. The third-order valence-electron chi connectivity index (χ3n) is 5.09. The smallest absolute Gasteiger partial charge is 0.342 e. The fraction of sp³-hybridized carbons (Fsp3) is 0.500. The van der Waals surface area contributed by atoms with E-state index >= 15 is 0 Å². The van der Waals surface area contributed by atoms with Gasteiger partial charge in [0.2, 0.25) is 0 Å². The molecule has 2 unspecified atom stereocenters. The molecule has 1 aromatic rings. The largest absolute Gasteiger partial charge is 0.507 e. The molecule has 0 bridgehead atoms. The standard InChI is InChI=1S/C22H30O9/c1-12-5-7-16(23)20(25)21(26)18(30-11-28-3)8-6-14-9-15(29-4)10-17(24)19(14)22(27)31-13(12)2/h5-10,12-13,16,18,20-21,23-26H,11H2,1-4H3/b7-5-,8-6+/t12-,13+,16?,18?,20-,21+/m1/s1. The number of ether oxygens (including phenoxy) is 4. The van der Waals surface area contributed by atoms with Crippen LogP contribution in [0.25, 0.3) is 6.08 Å². The van der Waals surface area contributed by atoms with Crippen LogP contribution in [0.4, 0.5) is 0 Å². The molecule has 31 heavy (non-hydrogen) atoms. The van der Waals surface area contributed by atoms with Gasteiger partial charge in [-0.25, -0.2) is 4.79 Å². The summed E-state index contributed by atoms with van der Waals surface area (Å²) in [7, 11) is 2.80. The molecule has 0 spiro atoms. The summed E-state index contributed by atoms with van der Waals surface area (Å²) in [5.74, 6) is -1.12. The van der Waals surface area contributed by atoms with E-state index in [-0.39, 0.29) is 29.6 Å².